The van der Waals surface area contributed by atoms with E-state index in [-0.39, 0.29) is 0 Å². The molecule has 0 aliphatic carbocycles. The highest BCUT2D eigenvalue weighted by Gasteiger charge is 2.22. The number of halogens is 1. The van der Waals surface area contributed by atoms with Gasteiger partial charge in [0.25, 0.3) is 0 Å². The van der Waals surface area contributed by atoms with Crippen LogP contribution >= 0.6 is 22.9 Å². The van der Waals surface area contributed by atoms with Gasteiger partial charge in [-0.1, -0.05) is 31.9 Å². The molecule has 4 heteroatoms. The fraction of sp³-hybridized carbons (Fsp3) is 0.714. The van der Waals surface area contributed by atoms with E-state index >= 15 is 0 Å². The van der Waals surface area contributed by atoms with Crippen molar-refractivity contribution in [3.05, 3.63) is 21.3 Å². The van der Waals surface area contributed by atoms with E-state index in [4.69, 9.17) is 11.6 Å². The third kappa shape index (κ3) is 3.95. The Kier molecular flexibility index (Phi) is 5.49. The zero-order valence-corrected chi connectivity index (χ0v) is 12.9. The van der Waals surface area contributed by atoms with Gasteiger partial charge in [-0.3, -0.25) is 0 Å². The summed E-state index contributed by atoms with van der Waals surface area (Å²) in [5.41, 5.74) is 0. The Morgan fingerprint density at radius 1 is 1.56 bits per heavy atom. The summed E-state index contributed by atoms with van der Waals surface area (Å²) in [7, 11) is 0. The van der Waals surface area contributed by atoms with Crippen molar-refractivity contribution in [2.24, 2.45) is 5.92 Å². The summed E-state index contributed by atoms with van der Waals surface area (Å²) < 4.78 is 0.905. The second-order valence-corrected chi connectivity index (χ2v) is 7.00. The van der Waals surface area contributed by atoms with E-state index in [9.17, 15) is 0 Å². The SMILES string of the molecule is CCC(C)C1CN(CCc2ccc(Cl)s2)CCN1. The summed E-state index contributed by atoms with van der Waals surface area (Å²) in [5.74, 6) is 0.768. The lowest BCUT2D eigenvalue weighted by Crippen LogP contribution is -2.53. The highest BCUT2D eigenvalue weighted by Crippen LogP contribution is 2.22. The topological polar surface area (TPSA) is 15.3 Å². The standard InChI is InChI=1S/C14H23ClN2S/c1-3-11(2)13-10-17(9-7-16-13)8-6-12-4-5-14(15)18-12/h4-5,11,13,16H,3,6-10H2,1-2H3. The molecule has 2 heterocycles. The maximum absolute atomic E-state index is 5.96. The summed E-state index contributed by atoms with van der Waals surface area (Å²) >= 11 is 7.67. The lowest BCUT2D eigenvalue weighted by atomic mass is 9.97. The molecule has 0 saturated carbocycles. The van der Waals surface area contributed by atoms with Crippen molar-refractivity contribution in [3.8, 4) is 0 Å². The molecule has 102 valence electrons. The van der Waals surface area contributed by atoms with Gasteiger partial charge in [0.15, 0.2) is 0 Å². The predicted molar refractivity (Wildman–Crippen MR) is 80.7 cm³/mol. The van der Waals surface area contributed by atoms with E-state index in [0.29, 0.717) is 6.04 Å². The van der Waals surface area contributed by atoms with Crippen LogP contribution in [0.4, 0.5) is 0 Å². The van der Waals surface area contributed by atoms with Crippen LogP contribution in [0.2, 0.25) is 4.34 Å². The Bertz CT molecular complexity index is 366. The maximum Gasteiger partial charge on any atom is 0.0931 e. The van der Waals surface area contributed by atoms with Crippen molar-refractivity contribution in [1.29, 1.82) is 0 Å². The lowest BCUT2D eigenvalue weighted by Gasteiger charge is -2.36. The summed E-state index contributed by atoms with van der Waals surface area (Å²) in [6.07, 6.45) is 2.39. The van der Waals surface area contributed by atoms with E-state index in [2.05, 4.69) is 30.1 Å². The molecule has 0 amide bonds. The first kappa shape index (κ1) is 14.3. The van der Waals surface area contributed by atoms with Gasteiger partial charge < -0.3 is 10.2 Å². The molecular formula is C14H23ClN2S. The largest absolute Gasteiger partial charge is 0.311 e. The predicted octanol–water partition coefficient (Wildman–Crippen LogP) is 3.26. The number of hydrogen-bond acceptors (Lipinski definition) is 3. The summed E-state index contributed by atoms with van der Waals surface area (Å²) in [4.78, 5) is 3.99. The zero-order valence-electron chi connectivity index (χ0n) is 11.3. The number of rotatable bonds is 5. The molecule has 2 unspecified atom stereocenters. The Hall–Kier alpha value is -0.0900. The highest BCUT2D eigenvalue weighted by molar-refractivity contribution is 7.16. The van der Waals surface area contributed by atoms with E-state index in [1.165, 1.54) is 24.4 Å². The van der Waals surface area contributed by atoms with Gasteiger partial charge in [0, 0.05) is 37.1 Å². The van der Waals surface area contributed by atoms with Gasteiger partial charge in [-0.05, 0) is 24.5 Å². The molecule has 1 aliphatic heterocycles. The van der Waals surface area contributed by atoms with Crippen molar-refractivity contribution in [3.63, 3.8) is 0 Å². The summed E-state index contributed by atoms with van der Waals surface area (Å²) in [6.45, 7) is 9.27. The van der Waals surface area contributed by atoms with E-state index < -0.39 is 0 Å². The fourth-order valence-corrected chi connectivity index (χ4v) is 3.54. The van der Waals surface area contributed by atoms with Gasteiger partial charge in [-0.2, -0.15) is 0 Å². The Balaban J connectivity index is 1.79. The quantitative estimate of drug-likeness (QED) is 0.894. The first-order chi connectivity index (χ1) is 8.69. The van der Waals surface area contributed by atoms with Crippen LogP contribution in [0.3, 0.4) is 0 Å². The summed E-state index contributed by atoms with van der Waals surface area (Å²) in [5, 5.41) is 3.64. The van der Waals surface area contributed by atoms with Crippen LogP contribution in [0.5, 0.6) is 0 Å². The average molecular weight is 287 g/mol. The zero-order chi connectivity index (χ0) is 13.0. The minimum Gasteiger partial charge on any atom is -0.311 e. The number of piperazine rings is 1. The van der Waals surface area contributed by atoms with Gasteiger partial charge in [-0.15, -0.1) is 11.3 Å². The second kappa shape index (κ2) is 6.90. The highest BCUT2D eigenvalue weighted by atomic mass is 35.5. The lowest BCUT2D eigenvalue weighted by molar-refractivity contribution is 0.170. The van der Waals surface area contributed by atoms with E-state index in [1.54, 1.807) is 11.3 Å². The molecular weight excluding hydrogens is 264 g/mol. The molecule has 18 heavy (non-hydrogen) atoms. The Morgan fingerprint density at radius 3 is 3.06 bits per heavy atom. The molecule has 0 aromatic carbocycles. The minimum atomic E-state index is 0.663. The van der Waals surface area contributed by atoms with Gasteiger partial charge in [0.1, 0.15) is 0 Å². The smallest absolute Gasteiger partial charge is 0.0931 e. The Labute approximate surface area is 119 Å². The third-order valence-corrected chi connectivity index (χ3v) is 5.21. The fourth-order valence-electron chi connectivity index (χ4n) is 2.47. The Morgan fingerprint density at radius 2 is 2.39 bits per heavy atom. The van der Waals surface area contributed by atoms with Crippen molar-refractivity contribution in [2.45, 2.75) is 32.7 Å². The molecule has 1 saturated heterocycles. The molecule has 1 aromatic rings. The molecule has 2 rings (SSSR count). The second-order valence-electron chi connectivity index (χ2n) is 5.20. The number of nitrogens with one attached hydrogen (secondary N) is 1. The van der Waals surface area contributed by atoms with Crippen molar-refractivity contribution >= 4 is 22.9 Å². The molecule has 2 nitrogen and oxygen atoms in total. The minimum absolute atomic E-state index is 0.663. The molecule has 2 atom stereocenters. The normalized spacial score (nSPS) is 23.2. The van der Waals surface area contributed by atoms with Crippen LogP contribution in [0, 0.1) is 5.92 Å². The monoisotopic (exact) mass is 286 g/mol. The molecule has 0 bridgehead atoms. The van der Waals surface area contributed by atoms with Crippen LogP contribution < -0.4 is 5.32 Å². The van der Waals surface area contributed by atoms with Crippen LogP contribution in [-0.4, -0.2) is 37.1 Å². The van der Waals surface area contributed by atoms with Crippen LogP contribution in [0.1, 0.15) is 25.1 Å². The summed E-state index contributed by atoms with van der Waals surface area (Å²) in [6, 6.07) is 4.82. The van der Waals surface area contributed by atoms with E-state index in [1.807, 2.05) is 6.07 Å². The van der Waals surface area contributed by atoms with Gasteiger partial charge in [0.05, 0.1) is 4.34 Å². The van der Waals surface area contributed by atoms with Crippen LogP contribution in [-0.2, 0) is 6.42 Å². The van der Waals surface area contributed by atoms with Crippen molar-refractivity contribution < 1.29 is 0 Å². The average Bonchev–Trinajstić information content (AvgIpc) is 2.81. The number of nitrogens with zero attached hydrogens (tertiary/aromatic N) is 1. The maximum atomic E-state index is 5.96. The van der Waals surface area contributed by atoms with Gasteiger partial charge in [-0.25, -0.2) is 0 Å². The molecule has 1 N–H and O–H groups in total. The van der Waals surface area contributed by atoms with Crippen molar-refractivity contribution in [1.82, 2.24) is 10.2 Å². The first-order valence-corrected chi connectivity index (χ1v) is 8.08. The molecule has 1 fully saturated rings. The van der Waals surface area contributed by atoms with Gasteiger partial charge >= 0.3 is 0 Å². The third-order valence-electron chi connectivity index (χ3n) is 3.92. The van der Waals surface area contributed by atoms with Crippen LogP contribution in [0.25, 0.3) is 0 Å². The molecule has 1 aliphatic rings. The molecule has 1 aromatic heterocycles. The molecule has 0 radical (unpaired) electrons. The number of thiophene rings is 1. The first-order valence-electron chi connectivity index (χ1n) is 6.89. The van der Waals surface area contributed by atoms with E-state index in [0.717, 1.165) is 29.8 Å². The molecule has 0 spiro atoms. The van der Waals surface area contributed by atoms with Crippen molar-refractivity contribution in [2.75, 3.05) is 26.2 Å². The number of hydrogen-bond donors (Lipinski definition) is 1. The van der Waals surface area contributed by atoms with Crippen LogP contribution in [0.15, 0.2) is 12.1 Å². The van der Waals surface area contributed by atoms with Gasteiger partial charge in [0.2, 0.25) is 0 Å².